The lowest BCUT2D eigenvalue weighted by Crippen LogP contribution is -2.36. The number of carbonyl (C=O) groups is 1. The van der Waals surface area contributed by atoms with E-state index >= 15 is 0 Å². The van der Waals surface area contributed by atoms with Gasteiger partial charge in [0.25, 0.3) is 16.8 Å². The number of aliphatic hydroxyl groups excluding tert-OH is 1. The second-order valence-corrected chi connectivity index (χ2v) is 7.07. The fourth-order valence-corrected chi connectivity index (χ4v) is 3.51. The Hall–Kier alpha value is -3.65. The van der Waals surface area contributed by atoms with Crippen molar-refractivity contribution in [2.45, 2.75) is 33.2 Å². The third-order valence-corrected chi connectivity index (χ3v) is 5.14. The Morgan fingerprint density at radius 3 is 2.15 bits per heavy atom. The van der Waals surface area contributed by atoms with Gasteiger partial charge in [-0.2, -0.15) is 0 Å². The number of amides is 1. The molecule has 0 aromatic heterocycles. The molecule has 1 amide bonds. The molecule has 0 radical (unpaired) electrons. The summed E-state index contributed by atoms with van der Waals surface area (Å²) in [5.41, 5.74) is 0.358. The summed E-state index contributed by atoms with van der Waals surface area (Å²) >= 11 is 0. The monoisotopic (exact) mass is 453 g/mol. The van der Waals surface area contributed by atoms with E-state index in [1.807, 2.05) is 44.2 Å². The Labute approximate surface area is 193 Å². The summed E-state index contributed by atoms with van der Waals surface area (Å²) in [6, 6.07) is 14.2. The number of hydrogen-bond donors (Lipinski definition) is 4. The lowest BCUT2D eigenvalue weighted by Gasteiger charge is -2.19. The van der Waals surface area contributed by atoms with Crippen LogP contribution in [0, 0.1) is 0 Å². The van der Waals surface area contributed by atoms with Crippen LogP contribution in [-0.2, 0) is 6.54 Å². The van der Waals surface area contributed by atoms with Crippen molar-refractivity contribution in [3.8, 4) is 5.75 Å². The summed E-state index contributed by atoms with van der Waals surface area (Å²) in [5.74, 6) is -0.470. The number of aromatic hydroxyl groups is 1. The molecule has 1 saturated heterocycles. The highest BCUT2D eigenvalue weighted by atomic mass is 16.3. The van der Waals surface area contributed by atoms with Gasteiger partial charge in [0.2, 0.25) is 0 Å². The number of carbonyl (C=O) groups excluding carboxylic acids is 1. The molecule has 176 valence electrons. The fourth-order valence-electron chi connectivity index (χ4n) is 3.51. The number of phenolic OH excluding ortho intramolecular Hbond substituents is 1. The molecule has 4 rings (SSSR count). The average molecular weight is 454 g/mol. The van der Waals surface area contributed by atoms with Crippen LogP contribution in [0.15, 0.2) is 58.1 Å². The molecule has 1 aliphatic rings. The molecule has 33 heavy (non-hydrogen) atoms. The number of phenols is 1. The maximum absolute atomic E-state index is 12.6. The van der Waals surface area contributed by atoms with Crippen LogP contribution in [0.5, 0.6) is 5.75 Å². The molecule has 0 bridgehead atoms. The summed E-state index contributed by atoms with van der Waals surface area (Å²) in [5, 5.41) is 23.4. The molecule has 0 aliphatic carbocycles. The van der Waals surface area contributed by atoms with E-state index in [1.54, 1.807) is 23.1 Å². The van der Waals surface area contributed by atoms with Crippen molar-refractivity contribution in [1.82, 2.24) is 4.90 Å². The molecule has 0 atom stereocenters. The normalized spacial score (nSPS) is 12.3. The molecule has 1 aliphatic heterocycles. The highest BCUT2D eigenvalue weighted by Gasteiger charge is 2.25. The van der Waals surface area contributed by atoms with Gasteiger partial charge >= 0.3 is 0 Å². The highest BCUT2D eigenvalue weighted by Crippen LogP contribution is 2.32. The van der Waals surface area contributed by atoms with Crippen LogP contribution >= 0.6 is 0 Å². The van der Waals surface area contributed by atoms with Crippen molar-refractivity contribution in [2.75, 3.05) is 30.8 Å². The Morgan fingerprint density at radius 1 is 0.909 bits per heavy atom. The van der Waals surface area contributed by atoms with Crippen molar-refractivity contribution in [3.05, 3.63) is 80.1 Å². The molecular weight excluding hydrogens is 422 g/mol. The van der Waals surface area contributed by atoms with Gasteiger partial charge in [0.1, 0.15) is 11.4 Å². The van der Waals surface area contributed by atoms with E-state index in [0.717, 1.165) is 25.5 Å². The van der Waals surface area contributed by atoms with E-state index in [1.165, 1.54) is 0 Å². The van der Waals surface area contributed by atoms with Crippen LogP contribution in [0.2, 0.25) is 0 Å². The van der Waals surface area contributed by atoms with E-state index in [0.29, 0.717) is 19.6 Å². The lowest BCUT2D eigenvalue weighted by atomic mass is 10.1. The highest BCUT2D eigenvalue weighted by molar-refractivity contribution is 5.99. The first-order valence-corrected chi connectivity index (χ1v) is 11.0. The van der Waals surface area contributed by atoms with E-state index in [2.05, 4.69) is 10.6 Å². The summed E-state index contributed by atoms with van der Waals surface area (Å²) in [7, 11) is 1.00. The van der Waals surface area contributed by atoms with Crippen LogP contribution < -0.4 is 21.5 Å². The van der Waals surface area contributed by atoms with E-state index in [-0.39, 0.29) is 34.3 Å². The van der Waals surface area contributed by atoms with Crippen molar-refractivity contribution < 1.29 is 15.0 Å². The van der Waals surface area contributed by atoms with Gasteiger partial charge in [-0.1, -0.05) is 50.2 Å². The second-order valence-electron chi connectivity index (χ2n) is 7.07. The molecule has 3 aromatic carbocycles. The number of rotatable bonds is 6. The molecule has 4 N–H and O–H groups in total. The number of hydrogen-bond acceptors (Lipinski definition) is 7. The third kappa shape index (κ3) is 5.78. The van der Waals surface area contributed by atoms with Gasteiger partial charge in [-0.15, -0.1) is 0 Å². The third-order valence-electron chi connectivity index (χ3n) is 5.14. The maximum atomic E-state index is 12.6. The van der Waals surface area contributed by atoms with E-state index < -0.39 is 10.9 Å². The van der Waals surface area contributed by atoms with Gasteiger partial charge in [-0.3, -0.25) is 14.4 Å². The largest absolute Gasteiger partial charge is 0.505 e. The van der Waals surface area contributed by atoms with Crippen LogP contribution in [0.25, 0.3) is 0 Å². The van der Waals surface area contributed by atoms with Crippen LogP contribution in [0.4, 0.5) is 17.1 Å². The van der Waals surface area contributed by atoms with Gasteiger partial charge in [0, 0.05) is 26.7 Å². The smallest absolute Gasteiger partial charge is 0.257 e. The number of likely N-dealkylation sites (tertiary alicyclic amines) is 1. The first kappa shape index (κ1) is 25.6. The summed E-state index contributed by atoms with van der Waals surface area (Å²) in [6.45, 7) is 5.73. The first-order chi connectivity index (χ1) is 16.1. The second kappa shape index (κ2) is 12.4. The zero-order chi connectivity index (χ0) is 24.4. The molecule has 8 nitrogen and oxygen atoms in total. The van der Waals surface area contributed by atoms with Crippen molar-refractivity contribution >= 4 is 23.0 Å². The van der Waals surface area contributed by atoms with Crippen molar-refractivity contribution in [2.24, 2.45) is 0 Å². The van der Waals surface area contributed by atoms with Crippen LogP contribution in [0.3, 0.4) is 0 Å². The molecule has 8 heteroatoms. The van der Waals surface area contributed by atoms with Gasteiger partial charge in [0.05, 0.1) is 11.3 Å². The fraction of sp³-hybridized carbons (Fsp3) is 0.320. The predicted molar refractivity (Wildman–Crippen MR) is 131 cm³/mol. The average Bonchev–Trinajstić information content (AvgIpc) is 3.42. The summed E-state index contributed by atoms with van der Waals surface area (Å²) in [6.07, 6.45) is 1.90. The summed E-state index contributed by atoms with van der Waals surface area (Å²) < 4.78 is 0. The summed E-state index contributed by atoms with van der Waals surface area (Å²) in [4.78, 5) is 38.4. The molecule has 1 fully saturated rings. The predicted octanol–water partition coefficient (Wildman–Crippen LogP) is 3.21. The molecule has 3 aromatic rings. The molecule has 0 spiro atoms. The van der Waals surface area contributed by atoms with Gasteiger partial charge in [-0.25, -0.2) is 0 Å². The first-order valence-electron chi connectivity index (χ1n) is 11.0. The number of nitrogens with zero attached hydrogens (tertiary/aromatic N) is 1. The number of para-hydroxylation sites is 1. The standard InChI is InChI=1S/C22H21N3O4.C2H6.CH4O/c26-19-15(22(29)25-11-4-5-12-25)9-6-10-16(19)24-18-17(20(27)21(18)28)23-13-14-7-2-1-3-8-14;2*1-2/h1-3,6-10,23-24,26H,4-5,11-13H2;1-2H3;2H,1H3. The molecular formula is C25H31N3O5. The number of aliphatic hydroxyl groups is 1. The molecule has 0 unspecified atom stereocenters. The van der Waals surface area contributed by atoms with Crippen molar-refractivity contribution in [1.29, 1.82) is 0 Å². The van der Waals surface area contributed by atoms with Gasteiger partial charge in [0.15, 0.2) is 5.75 Å². The zero-order valence-corrected chi connectivity index (χ0v) is 19.2. The maximum Gasteiger partial charge on any atom is 0.257 e. The minimum absolute atomic E-state index is 0.0898. The quantitative estimate of drug-likeness (QED) is 0.334. The number of nitrogens with one attached hydrogen (secondary N) is 2. The van der Waals surface area contributed by atoms with Gasteiger partial charge < -0.3 is 25.7 Å². The minimum atomic E-state index is -0.656. The molecule has 0 saturated carbocycles. The van der Waals surface area contributed by atoms with Crippen LogP contribution in [0.1, 0.15) is 42.6 Å². The van der Waals surface area contributed by atoms with Gasteiger partial charge in [-0.05, 0) is 30.5 Å². The topological polar surface area (TPSA) is 119 Å². The Bertz CT molecular complexity index is 1120. The SMILES string of the molecule is CC.CO.O=C(c1cccc(Nc2c(NCc3ccccc3)c(=O)c2=O)c1O)N1CCCC1. The van der Waals surface area contributed by atoms with E-state index in [9.17, 15) is 19.5 Å². The van der Waals surface area contributed by atoms with E-state index in [4.69, 9.17) is 5.11 Å². The van der Waals surface area contributed by atoms with Crippen molar-refractivity contribution in [3.63, 3.8) is 0 Å². The lowest BCUT2D eigenvalue weighted by molar-refractivity contribution is 0.0790. The Balaban J connectivity index is 0.000000914. The minimum Gasteiger partial charge on any atom is -0.505 e. The Kier molecular flexibility index (Phi) is 9.62. The zero-order valence-electron chi connectivity index (χ0n) is 19.2. The molecule has 1 heterocycles. The number of benzene rings is 2. The van der Waals surface area contributed by atoms with Crippen LogP contribution in [-0.4, -0.2) is 41.2 Å². The Morgan fingerprint density at radius 2 is 1.52 bits per heavy atom. The number of anilines is 3.